The molecule has 9 aromatic carbocycles. The molecule has 69 heavy (non-hydrogen) atoms. The average Bonchev–Trinajstić information content (AvgIpc) is 3.95. The number of fused-ring (bicyclic) bond motifs is 12. The predicted molar refractivity (Wildman–Crippen MR) is 278 cm³/mol. The third-order valence-electron chi connectivity index (χ3n) is 13.6. The van der Waals surface area contributed by atoms with Crippen LogP contribution in [0.15, 0.2) is 224 Å². The van der Waals surface area contributed by atoms with Gasteiger partial charge in [0.15, 0.2) is 23.3 Å². The number of para-hydroxylation sites is 2. The number of hydrogen-bond donors (Lipinski definition) is 0. The van der Waals surface area contributed by atoms with E-state index in [0.29, 0.717) is 23.3 Å². The summed E-state index contributed by atoms with van der Waals surface area (Å²) in [6.45, 7) is 0. The van der Waals surface area contributed by atoms with Crippen molar-refractivity contribution in [3.8, 4) is 90.6 Å². The van der Waals surface area contributed by atoms with Crippen LogP contribution in [0.3, 0.4) is 0 Å². The van der Waals surface area contributed by atoms with Crippen molar-refractivity contribution in [2.75, 3.05) is 0 Å². The Morgan fingerprint density at radius 1 is 0.348 bits per heavy atom. The Bertz CT molecular complexity index is 3880. The number of hydrogen-bond acceptors (Lipinski definition) is 7. The zero-order chi connectivity index (χ0) is 45.5. The second kappa shape index (κ2) is 15.6. The lowest BCUT2D eigenvalue weighted by molar-refractivity contribution is 0.436. The van der Waals surface area contributed by atoms with Crippen molar-refractivity contribution < 1.29 is 4.74 Å². The molecule has 0 bridgehead atoms. The molecule has 0 atom stereocenters. The maximum absolute atomic E-state index is 6.76. The van der Waals surface area contributed by atoms with E-state index < -0.39 is 5.41 Å². The van der Waals surface area contributed by atoms with Gasteiger partial charge in [-0.15, -0.1) is 11.3 Å². The van der Waals surface area contributed by atoms with Gasteiger partial charge in [-0.05, 0) is 57.6 Å². The Morgan fingerprint density at radius 3 is 1.55 bits per heavy atom. The standard InChI is InChI=1S/C62H37N5OS/c1-4-17-39(18-5-1)55-57-56(45-23-10-15-30-53(45)69-57)64-58(63-55)42-33-31-38(32-34-42)43-35-36-48-47(37-43)44-24-16-25-46(54(44)62(48)49-26-11-13-28-51(49)68-52-29-14-12-27-50(52)62)61-66-59(40-19-6-2-7-20-40)65-60(67-61)41-21-8-3-9-22-41/h1-37H. The molecule has 7 heteroatoms. The van der Waals surface area contributed by atoms with E-state index in [4.69, 9.17) is 29.7 Å². The predicted octanol–water partition coefficient (Wildman–Crippen LogP) is 15.5. The van der Waals surface area contributed by atoms with Gasteiger partial charge in [0.1, 0.15) is 11.5 Å². The molecule has 0 fully saturated rings. The summed E-state index contributed by atoms with van der Waals surface area (Å²) >= 11 is 1.75. The van der Waals surface area contributed by atoms with Gasteiger partial charge in [-0.2, -0.15) is 0 Å². The first-order valence-electron chi connectivity index (χ1n) is 23.1. The Kier molecular flexibility index (Phi) is 8.87. The fourth-order valence-electron chi connectivity index (χ4n) is 10.6. The summed E-state index contributed by atoms with van der Waals surface area (Å²) < 4.78 is 9.06. The maximum Gasteiger partial charge on any atom is 0.164 e. The van der Waals surface area contributed by atoms with Crippen LogP contribution in [0.25, 0.3) is 99.4 Å². The van der Waals surface area contributed by atoms with E-state index in [1.54, 1.807) is 11.3 Å². The number of aromatic nitrogens is 5. The topological polar surface area (TPSA) is 73.7 Å². The van der Waals surface area contributed by atoms with Gasteiger partial charge in [-0.25, -0.2) is 24.9 Å². The lowest BCUT2D eigenvalue weighted by Gasteiger charge is -2.40. The zero-order valence-corrected chi connectivity index (χ0v) is 37.7. The van der Waals surface area contributed by atoms with E-state index in [-0.39, 0.29) is 0 Å². The third-order valence-corrected chi connectivity index (χ3v) is 14.8. The molecular formula is C62H37N5OS. The van der Waals surface area contributed by atoms with Crippen molar-refractivity contribution in [3.63, 3.8) is 0 Å². The van der Waals surface area contributed by atoms with Gasteiger partial charge in [-0.3, -0.25) is 0 Å². The van der Waals surface area contributed by atoms with Gasteiger partial charge in [0.25, 0.3) is 0 Å². The van der Waals surface area contributed by atoms with E-state index >= 15 is 0 Å². The summed E-state index contributed by atoms with van der Waals surface area (Å²) in [6.07, 6.45) is 0. The van der Waals surface area contributed by atoms with Crippen LogP contribution in [0.2, 0.25) is 0 Å². The zero-order valence-electron chi connectivity index (χ0n) is 36.9. The van der Waals surface area contributed by atoms with Crippen molar-refractivity contribution in [1.29, 1.82) is 0 Å². The van der Waals surface area contributed by atoms with Crippen molar-refractivity contribution in [2.45, 2.75) is 5.41 Å². The first kappa shape index (κ1) is 39.3. The largest absolute Gasteiger partial charge is 0.457 e. The highest BCUT2D eigenvalue weighted by Crippen LogP contribution is 2.64. The third kappa shape index (κ3) is 6.14. The van der Waals surface area contributed by atoms with Gasteiger partial charge >= 0.3 is 0 Å². The van der Waals surface area contributed by atoms with Crippen LogP contribution in [0.5, 0.6) is 11.5 Å². The monoisotopic (exact) mass is 899 g/mol. The molecule has 3 aromatic heterocycles. The minimum atomic E-state index is -0.764. The van der Waals surface area contributed by atoms with Crippen LogP contribution in [0.4, 0.5) is 0 Å². The quantitative estimate of drug-likeness (QED) is 0.166. The number of ether oxygens (including phenoxy) is 1. The molecule has 1 aliphatic carbocycles. The molecule has 2 aliphatic rings. The van der Waals surface area contributed by atoms with Gasteiger partial charge in [0, 0.05) is 49.0 Å². The normalized spacial score (nSPS) is 12.9. The number of rotatable bonds is 6. The van der Waals surface area contributed by atoms with Gasteiger partial charge in [-0.1, -0.05) is 200 Å². The van der Waals surface area contributed by atoms with E-state index in [1.165, 1.54) is 10.3 Å². The van der Waals surface area contributed by atoms with Crippen LogP contribution in [0, 0.1) is 0 Å². The lowest BCUT2D eigenvalue weighted by Crippen LogP contribution is -2.32. The van der Waals surface area contributed by atoms with E-state index in [0.717, 1.165) is 99.6 Å². The Hall–Kier alpha value is -8.91. The maximum atomic E-state index is 6.76. The molecule has 0 saturated carbocycles. The van der Waals surface area contributed by atoms with Gasteiger partial charge in [0.05, 0.1) is 21.3 Å². The molecule has 1 spiro atoms. The molecule has 0 unspecified atom stereocenters. The van der Waals surface area contributed by atoms with Gasteiger partial charge in [0.2, 0.25) is 0 Å². The average molecular weight is 900 g/mol. The fraction of sp³-hybridized carbons (Fsp3) is 0.0161. The number of thiophene rings is 1. The summed E-state index contributed by atoms with van der Waals surface area (Å²) in [6, 6.07) is 78.4. The van der Waals surface area contributed by atoms with E-state index in [2.05, 4.69) is 170 Å². The minimum Gasteiger partial charge on any atom is -0.457 e. The van der Waals surface area contributed by atoms with Crippen molar-refractivity contribution in [3.05, 3.63) is 247 Å². The lowest BCUT2D eigenvalue weighted by atomic mass is 9.65. The van der Waals surface area contributed by atoms with Crippen molar-refractivity contribution in [2.24, 2.45) is 0 Å². The first-order chi connectivity index (χ1) is 34.2. The Morgan fingerprint density at radius 2 is 0.870 bits per heavy atom. The van der Waals surface area contributed by atoms with E-state index in [9.17, 15) is 0 Å². The van der Waals surface area contributed by atoms with Crippen LogP contribution >= 0.6 is 11.3 Å². The summed E-state index contributed by atoms with van der Waals surface area (Å²) in [5.41, 5.74) is 14.9. The first-order valence-corrected chi connectivity index (χ1v) is 23.9. The summed E-state index contributed by atoms with van der Waals surface area (Å²) in [5, 5.41) is 1.15. The van der Waals surface area contributed by atoms with Crippen LogP contribution < -0.4 is 4.74 Å². The smallest absolute Gasteiger partial charge is 0.164 e. The molecule has 6 nitrogen and oxygen atoms in total. The molecule has 0 saturated heterocycles. The number of nitrogens with zero attached hydrogens (tertiary/aromatic N) is 5. The van der Waals surface area contributed by atoms with Crippen molar-refractivity contribution >= 4 is 31.6 Å². The highest BCUT2D eigenvalue weighted by molar-refractivity contribution is 7.26. The molecule has 0 N–H and O–H groups in total. The molecule has 0 amide bonds. The molecule has 0 radical (unpaired) electrons. The minimum absolute atomic E-state index is 0.607. The summed E-state index contributed by atoms with van der Waals surface area (Å²) in [7, 11) is 0. The molecule has 322 valence electrons. The Labute approximate surface area is 402 Å². The molecule has 1 aliphatic heterocycles. The molecule has 4 heterocycles. The molecule has 14 rings (SSSR count). The van der Waals surface area contributed by atoms with Crippen LogP contribution in [-0.4, -0.2) is 24.9 Å². The fourth-order valence-corrected chi connectivity index (χ4v) is 11.7. The highest BCUT2D eigenvalue weighted by Gasteiger charge is 2.52. The number of benzene rings is 9. The SMILES string of the molecule is c1ccc(-c2nc(-c3ccccc3)nc(-c3cccc4c3C3(c5ccccc5Oc5ccccc53)c3ccc(-c5ccc(-c6nc(-c7ccccc7)c7sc8ccccc8c7n6)cc5)cc3-4)n2)cc1. The van der Waals surface area contributed by atoms with E-state index in [1.807, 2.05) is 54.6 Å². The molecule has 12 aromatic rings. The van der Waals surface area contributed by atoms with Crippen molar-refractivity contribution in [1.82, 2.24) is 24.9 Å². The Balaban J connectivity index is 0.961. The second-order valence-electron chi connectivity index (χ2n) is 17.5. The molecular weight excluding hydrogens is 863 g/mol. The highest BCUT2D eigenvalue weighted by atomic mass is 32.1. The summed E-state index contributed by atoms with van der Waals surface area (Å²) in [4.78, 5) is 26.2. The van der Waals surface area contributed by atoms with Crippen LogP contribution in [0.1, 0.15) is 22.3 Å². The van der Waals surface area contributed by atoms with Gasteiger partial charge < -0.3 is 4.74 Å². The summed E-state index contributed by atoms with van der Waals surface area (Å²) in [5.74, 6) is 4.18. The van der Waals surface area contributed by atoms with Crippen LogP contribution in [-0.2, 0) is 5.41 Å². The second-order valence-corrected chi connectivity index (χ2v) is 18.5.